The van der Waals surface area contributed by atoms with Crippen LogP contribution in [0.25, 0.3) is 6.08 Å². The quantitative estimate of drug-likeness (QED) is 0.471. The van der Waals surface area contributed by atoms with Crippen LogP contribution in [0.4, 0.5) is 10.5 Å². The molecular weight excluding hydrogens is 451 g/mol. The van der Waals surface area contributed by atoms with Gasteiger partial charge in [0.05, 0.1) is 17.3 Å². The number of amides is 4. The normalized spacial score (nSPS) is 15.6. The van der Waals surface area contributed by atoms with Gasteiger partial charge >= 0.3 is 6.03 Å². The lowest BCUT2D eigenvalue weighted by Crippen LogP contribution is -2.54. The van der Waals surface area contributed by atoms with Crippen molar-refractivity contribution in [2.45, 2.75) is 20.3 Å². The van der Waals surface area contributed by atoms with Crippen LogP contribution in [-0.2, 0) is 9.59 Å². The van der Waals surface area contributed by atoms with Gasteiger partial charge in [0.15, 0.2) is 0 Å². The number of carbonyl (C=O) groups is 3. The molecule has 1 aliphatic rings. The van der Waals surface area contributed by atoms with E-state index >= 15 is 0 Å². The Morgan fingerprint density at radius 3 is 2.47 bits per heavy atom. The largest absolute Gasteiger partial charge is 0.491 e. The number of hydrogen-bond donors (Lipinski definition) is 1. The average Bonchev–Trinajstić information content (AvgIpc) is 2.67. The fourth-order valence-electron chi connectivity index (χ4n) is 2.81. The van der Waals surface area contributed by atoms with Gasteiger partial charge in [0.25, 0.3) is 11.8 Å². The molecule has 4 amide bonds. The Labute approximate surface area is 188 Å². The molecule has 1 N–H and O–H groups in total. The van der Waals surface area contributed by atoms with Crippen molar-refractivity contribution in [2.75, 3.05) is 11.5 Å². The topological polar surface area (TPSA) is 75.7 Å². The molecule has 2 aromatic rings. The van der Waals surface area contributed by atoms with Gasteiger partial charge in [-0.05, 0) is 49.2 Å². The Morgan fingerprint density at radius 2 is 1.80 bits per heavy atom. The fourth-order valence-corrected chi connectivity index (χ4v) is 3.55. The Kier molecular flexibility index (Phi) is 6.71. The number of hydrogen-bond acceptors (Lipinski definition) is 4. The number of anilines is 1. The number of barbiturate groups is 1. The van der Waals surface area contributed by atoms with Crippen molar-refractivity contribution in [1.29, 1.82) is 0 Å². The summed E-state index contributed by atoms with van der Waals surface area (Å²) in [6.45, 7) is 4.10. The maximum Gasteiger partial charge on any atom is 0.335 e. The van der Waals surface area contributed by atoms with Crippen molar-refractivity contribution >= 4 is 64.4 Å². The molecule has 3 rings (SSSR count). The molecular formula is C21H17Cl3N2O4. The summed E-state index contributed by atoms with van der Waals surface area (Å²) in [7, 11) is 0. The van der Waals surface area contributed by atoms with Crippen LogP contribution in [0.15, 0.2) is 35.9 Å². The average molecular weight is 468 g/mol. The molecule has 1 saturated heterocycles. The second kappa shape index (κ2) is 9.08. The van der Waals surface area contributed by atoms with Crippen LogP contribution in [0.2, 0.25) is 15.1 Å². The highest BCUT2D eigenvalue weighted by Gasteiger charge is 2.37. The highest BCUT2D eigenvalue weighted by molar-refractivity contribution is 6.40. The number of urea groups is 1. The standard InChI is InChI=1S/C21H17Cl3N2O4/c1-3-6-30-18-12(7-13(22)9-17(18)24)8-15-19(27)25-21(29)26(20(15)28)14-5-4-11(2)16(23)10-14/h4-5,7-10H,3,6H2,1-2H3,(H,25,27,29)/b15-8+. The van der Waals surface area contributed by atoms with Gasteiger partial charge in [-0.15, -0.1) is 0 Å². The first kappa shape index (κ1) is 22.2. The highest BCUT2D eigenvalue weighted by Crippen LogP contribution is 2.35. The van der Waals surface area contributed by atoms with E-state index in [0.29, 0.717) is 22.2 Å². The van der Waals surface area contributed by atoms with Crippen LogP contribution >= 0.6 is 34.8 Å². The molecule has 0 saturated carbocycles. The number of nitrogens with zero attached hydrogens (tertiary/aromatic N) is 1. The molecule has 0 bridgehead atoms. The maximum absolute atomic E-state index is 13.1. The van der Waals surface area contributed by atoms with E-state index < -0.39 is 17.8 Å². The van der Waals surface area contributed by atoms with Crippen molar-refractivity contribution in [3.05, 3.63) is 62.1 Å². The van der Waals surface area contributed by atoms with Crippen molar-refractivity contribution in [2.24, 2.45) is 0 Å². The number of aryl methyl sites for hydroxylation is 1. The molecule has 0 radical (unpaired) electrons. The highest BCUT2D eigenvalue weighted by atomic mass is 35.5. The van der Waals surface area contributed by atoms with Crippen molar-refractivity contribution in [3.8, 4) is 5.75 Å². The zero-order valence-corrected chi connectivity index (χ0v) is 18.4. The van der Waals surface area contributed by atoms with Gasteiger partial charge in [0, 0.05) is 15.6 Å². The second-order valence-electron chi connectivity index (χ2n) is 6.55. The number of ether oxygens (including phenoxy) is 1. The van der Waals surface area contributed by atoms with Crippen LogP contribution < -0.4 is 15.0 Å². The number of imide groups is 2. The van der Waals surface area contributed by atoms with E-state index in [4.69, 9.17) is 39.5 Å². The molecule has 30 heavy (non-hydrogen) atoms. The second-order valence-corrected chi connectivity index (χ2v) is 7.80. The molecule has 1 aliphatic heterocycles. The molecule has 0 aromatic heterocycles. The third-order valence-electron chi connectivity index (χ3n) is 4.30. The first-order valence-corrected chi connectivity index (χ1v) is 10.2. The van der Waals surface area contributed by atoms with Gasteiger partial charge in [-0.1, -0.05) is 47.8 Å². The van der Waals surface area contributed by atoms with E-state index in [9.17, 15) is 14.4 Å². The van der Waals surface area contributed by atoms with Gasteiger partial charge in [-0.2, -0.15) is 0 Å². The lowest BCUT2D eigenvalue weighted by Gasteiger charge is -2.26. The minimum Gasteiger partial charge on any atom is -0.491 e. The Bertz CT molecular complexity index is 1080. The fraction of sp³-hybridized carbons (Fsp3) is 0.190. The molecule has 1 fully saturated rings. The Hall–Kier alpha value is -2.54. The van der Waals surface area contributed by atoms with Gasteiger partial charge in [0.1, 0.15) is 11.3 Å². The molecule has 6 nitrogen and oxygen atoms in total. The molecule has 156 valence electrons. The summed E-state index contributed by atoms with van der Waals surface area (Å²) in [4.78, 5) is 38.7. The third-order valence-corrected chi connectivity index (χ3v) is 5.21. The molecule has 2 aromatic carbocycles. The van der Waals surface area contributed by atoms with E-state index in [0.717, 1.165) is 16.9 Å². The lowest BCUT2D eigenvalue weighted by molar-refractivity contribution is -0.122. The van der Waals surface area contributed by atoms with E-state index in [1.54, 1.807) is 19.1 Å². The van der Waals surface area contributed by atoms with Gasteiger partial charge in [0.2, 0.25) is 0 Å². The first-order chi connectivity index (χ1) is 14.2. The number of rotatable bonds is 5. The summed E-state index contributed by atoms with van der Waals surface area (Å²) >= 11 is 18.5. The summed E-state index contributed by atoms with van der Waals surface area (Å²) in [5, 5.41) is 3.09. The molecule has 1 heterocycles. The van der Waals surface area contributed by atoms with Gasteiger partial charge in [-0.3, -0.25) is 14.9 Å². The number of halogens is 3. The van der Waals surface area contributed by atoms with Crippen LogP contribution in [-0.4, -0.2) is 24.5 Å². The minimum atomic E-state index is -0.867. The summed E-state index contributed by atoms with van der Waals surface area (Å²) < 4.78 is 5.67. The zero-order valence-electron chi connectivity index (χ0n) is 16.1. The van der Waals surface area contributed by atoms with Gasteiger partial charge in [-0.25, -0.2) is 9.69 Å². The van der Waals surface area contributed by atoms with Gasteiger partial charge < -0.3 is 4.74 Å². The first-order valence-electron chi connectivity index (χ1n) is 9.02. The number of carbonyl (C=O) groups excluding carboxylic acids is 3. The third kappa shape index (κ3) is 4.46. The maximum atomic E-state index is 13.1. The molecule has 0 atom stereocenters. The number of benzene rings is 2. The van der Waals surface area contributed by atoms with Crippen LogP contribution in [0.5, 0.6) is 5.75 Å². The Morgan fingerprint density at radius 1 is 1.07 bits per heavy atom. The van der Waals surface area contributed by atoms with E-state index in [1.807, 2.05) is 6.92 Å². The van der Waals surface area contributed by atoms with Crippen LogP contribution in [0.1, 0.15) is 24.5 Å². The summed E-state index contributed by atoms with van der Waals surface area (Å²) in [6.07, 6.45) is 2.03. The van der Waals surface area contributed by atoms with Crippen LogP contribution in [0, 0.1) is 6.92 Å². The number of nitrogens with one attached hydrogen (secondary N) is 1. The molecule has 0 unspecified atom stereocenters. The predicted molar refractivity (Wildman–Crippen MR) is 117 cm³/mol. The molecule has 0 aliphatic carbocycles. The summed E-state index contributed by atoms with van der Waals surface area (Å²) in [5.41, 5.74) is 1.09. The summed E-state index contributed by atoms with van der Waals surface area (Å²) in [6, 6.07) is 6.88. The molecule has 9 heteroatoms. The lowest BCUT2D eigenvalue weighted by atomic mass is 10.1. The Balaban J connectivity index is 2.08. The van der Waals surface area contributed by atoms with Crippen molar-refractivity contribution in [1.82, 2.24) is 5.32 Å². The summed E-state index contributed by atoms with van der Waals surface area (Å²) in [5.74, 6) is -1.35. The monoisotopic (exact) mass is 466 g/mol. The van der Waals surface area contributed by atoms with Crippen LogP contribution in [0.3, 0.4) is 0 Å². The van der Waals surface area contributed by atoms with E-state index in [1.165, 1.54) is 24.3 Å². The molecule has 0 spiro atoms. The van der Waals surface area contributed by atoms with E-state index in [2.05, 4.69) is 5.32 Å². The SMILES string of the molecule is CCCOc1c(Cl)cc(Cl)cc1/C=C1\C(=O)NC(=O)N(c2ccc(C)c(Cl)c2)C1=O. The van der Waals surface area contributed by atoms with Crippen molar-refractivity contribution in [3.63, 3.8) is 0 Å². The van der Waals surface area contributed by atoms with E-state index in [-0.39, 0.29) is 22.0 Å². The zero-order chi connectivity index (χ0) is 22.0. The predicted octanol–water partition coefficient (Wildman–Crippen LogP) is 5.41. The minimum absolute atomic E-state index is 0.234. The van der Waals surface area contributed by atoms with Crippen molar-refractivity contribution < 1.29 is 19.1 Å². The smallest absolute Gasteiger partial charge is 0.335 e.